The number of rotatable bonds is 4. The first-order valence-corrected chi connectivity index (χ1v) is 10.2. The Hall–Kier alpha value is -2.81. The van der Waals surface area contributed by atoms with Crippen LogP contribution in [0.5, 0.6) is 0 Å². The molecule has 1 atom stereocenters. The molecular weight excluding hydrogens is 344 g/mol. The molecule has 0 bridgehead atoms. The van der Waals surface area contributed by atoms with E-state index in [0.29, 0.717) is 5.56 Å². The van der Waals surface area contributed by atoms with Gasteiger partial charge in [0.25, 0.3) is 5.91 Å². The first-order chi connectivity index (χ1) is 13.5. The zero-order valence-corrected chi connectivity index (χ0v) is 16.9. The van der Waals surface area contributed by atoms with E-state index in [-0.39, 0.29) is 11.9 Å². The quantitative estimate of drug-likeness (QED) is 0.653. The number of fused-ring (bicyclic) bond motifs is 1. The molecule has 1 N–H and O–H groups in total. The minimum absolute atomic E-state index is 0.0202. The minimum atomic E-state index is -0.0202. The highest BCUT2D eigenvalue weighted by molar-refractivity contribution is 5.94. The van der Waals surface area contributed by atoms with Crippen molar-refractivity contribution in [3.63, 3.8) is 0 Å². The predicted octanol–water partition coefficient (Wildman–Crippen LogP) is 5.41. The highest BCUT2D eigenvalue weighted by Gasteiger charge is 2.23. The molecular formula is C25H28N2O. The van der Waals surface area contributed by atoms with Gasteiger partial charge in [-0.05, 0) is 80.5 Å². The Labute approximate surface area is 167 Å². The van der Waals surface area contributed by atoms with Gasteiger partial charge >= 0.3 is 0 Å². The third-order valence-corrected chi connectivity index (χ3v) is 5.51. The lowest BCUT2D eigenvalue weighted by atomic mass is 9.89. The number of carbonyl (C=O) groups excluding carboxylic acids is 1. The lowest BCUT2D eigenvalue weighted by molar-refractivity contribution is 0.0943. The Kier molecular flexibility index (Phi) is 5.08. The summed E-state index contributed by atoms with van der Waals surface area (Å²) in [6.45, 7) is 6.29. The van der Waals surface area contributed by atoms with Crippen LogP contribution in [0.4, 0.5) is 0 Å². The lowest BCUT2D eigenvalue weighted by Gasteiger charge is -2.21. The molecule has 144 valence electrons. The molecule has 1 aliphatic carbocycles. The molecule has 28 heavy (non-hydrogen) atoms. The van der Waals surface area contributed by atoms with Gasteiger partial charge in [0.2, 0.25) is 0 Å². The number of amides is 1. The maximum atomic E-state index is 12.3. The van der Waals surface area contributed by atoms with E-state index in [1.165, 1.54) is 28.9 Å². The van der Waals surface area contributed by atoms with Crippen molar-refractivity contribution < 1.29 is 4.79 Å². The van der Waals surface area contributed by atoms with Crippen LogP contribution < -0.4 is 5.32 Å². The van der Waals surface area contributed by atoms with Crippen molar-refractivity contribution in [2.75, 3.05) is 0 Å². The number of benzene rings is 2. The summed E-state index contributed by atoms with van der Waals surface area (Å²) in [4.78, 5) is 12.3. The highest BCUT2D eigenvalue weighted by Crippen LogP contribution is 2.35. The largest absolute Gasteiger partial charge is 0.350 e. The van der Waals surface area contributed by atoms with Gasteiger partial charge in [-0.25, -0.2) is 0 Å². The number of carbonyl (C=O) groups is 1. The smallest absolute Gasteiger partial charge is 0.251 e. The van der Waals surface area contributed by atoms with E-state index in [9.17, 15) is 4.79 Å². The van der Waals surface area contributed by atoms with Crippen molar-refractivity contribution in [3.8, 4) is 16.9 Å². The first kappa shape index (κ1) is 18.5. The molecule has 3 nitrogen and oxygen atoms in total. The predicted molar refractivity (Wildman–Crippen MR) is 115 cm³/mol. The fourth-order valence-electron chi connectivity index (χ4n) is 4.14. The van der Waals surface area contributed by atoms with Crippen LogP contribution in [-0.2, 0) is 12.8 Å². The second-order valence-corrected chi connectivity index (χ2v) is 8.23. The lowest BCUT2D eigenvalue weighted by Crippen LogP contribution is -2.30. The normalized spacial score (nSPS) is 16.1. The summed E-state index contributed by atoms with van der Waals surface area (Å²) in [5, 5.41) is 2.96. The highest BCUT2D eigenvalue weighted by atomic mass is 16.1. The van der Waals surface area contributed by atoms with Crippen LogP contribution in [0, 0.1) is 5.92 Å². The molecule has 1 heterocycles. The van der Waals surface area contributed by atoms with Gasteiger partial charge in [0.1, 0.15) is 0 Å². The molecule has 0 aliphatic heterocycles. The fourth-order valence-corrected chi connectivity index (χ4v) is 4.14. The van der Waals surface area contributed by atoms with Crippen LogP contribution in [0.1, 0.15) is 48.8 Å². The van der Waals surface area contributed by atoms with Gasteiger partial charge in [-0.1, -0.05) is 37.3 Å². The van der Waals surface area contributed by atoms with Crippen LogP contribution >= 0.6 is 0 Å². The standard InChI is InChI=1S/C25H28N2O/c1-17(2)26-25(28)20-10-12-22(13-11-20)27-23-14-9-18(3)15-21(23)16-24(27)19-7-5-4-6-8-19/h4-8,10-13,16-18H,9,14-15H2,1-3H3,(H,26,28)/t18-/m1/s1. The van der Waals surface area contributed by atoms with E-state index in [0.717, 1.165) is 24.4 Å². The van der Waals surface area contributed by atoms with Gasteiger partial charge in [-0.15, -0.1) is 0 Å². The molecule has 1 aromatic heterocycles. The molecule has 0 fully saturated rings. The Bertz CT molecular complexity index is 968. The summed E-state index contributed by atoms with van der Waals surface area (Å²) >= 11 is 0. The van der Waals surface area contributed by atoms with Gasteiger partial charge in [0.15, 0.2) is 0 Å². The maximum Gasteiger partial charge on any atom is 0.251 e. The summed E-state index contributed by atoms with van der Waals surface area (Å²) in [5.74, 6) is 0.710. The molecule has 3 heteroatoms. The zero-order valence-electron chi connectivity index (χ0n) is 16.9. The Morgan fingerprint density at radius 2 is 1.79 bits per heavy atom. The molecule has 3 aromatic rings. The third-order valence-electron chi connectivity index (χ3n) is 5.51. The second-order valence-electron chi connectivity index (χ2n) is 8.23. The number of hydrogen-bond donors (Lipinski definition) is 1. The topological polar surface area (TPSA) is 34.0 Å². The molecule has 0 unspecified atom stereocenters. The molecule has 0 radical (unpaired) electrons. The van der Waals surface area contributed by atoms with E-state index < -0.39 is 0 Å². The molecule has 2 aromatic carbocycles. The molecule has 0 saturated carbocycles. The van der Waals surface area contributed by atoms with Gasteiger partial charge in [0, 0.05) is 23.0 Å². The fraction of sp³-hybridized carbons (Fsp3) is 0.320. The van der Waals surface area contributed by atoms with E-state index >= 15 is 0 Å². The van der Waals surface area contributed by atoms with Crippen LogP contribution in [0.25, 0.3) is 16.9 Å². The van der Waals surface area contributed by atoms with Crippen LogP contribution in [-0.4, -0.2) is 16.5 Å². The average molecular weight is 373 g/mol. The minimum Gasteiger partial charge on any atom is -0.350 e. The Morgan fingerprint density at radius 1 is 1.07 bits per heavy atom. The summed E-state index contributed by atoms with van der Waals surface area (Å²) in [6.07, 6.45) is 3.45. The average Bonchev–Trinajstić information content (AvgIpc) is 3.06. The van der Waals surface area contributed by atoms with Crippen LogP contribution in [0.3, 0.4) is 0 Å². The Balaban J connectivity index is 1.77. The van der Waals surface area contributed by atoms with Crippen molar-refractivity contribution in [2.24, 2.45) is 5.92 Å². The van der Waals surface area contributed by atoms with E-state index in [4.69, 9.17) is 0 Å². The van der Waals surface area contributed by atoms with Gasteiger partial charge < -0.3 is 9.88 Å². The maximum absolute atomic E-state index is 12.3. The van der Waals surface area contributed by atoms with Gasteiger partial charge in [-0.3, -0.25) is 4.79 Å². The summed E-state index contributed by atoms with van der Waals surface area (Å²) in [5.41, 5.74) is 7.16. The molecule has 1 amide bonds. The molecule has 1 aliphatic rings. The SMILES string of the molecule is CC(C)NC(=O)c1ccc(-n2c(-c3ccccc3)cc3c2CC[C@@H](C)C3)cc1. The van der Waals surface area contributed by atoms with E-state index in [1.807, 2.05) is 26.0 Å². The third kappa shape index (κ3) is 3.62. The molecule has 0 spiro atoms. The van der Waals surface area contributed by atoms with Crippen molar-refractivity contribution in [3.05, 3.63) is 77.5 Å². The summed E-state index contributed by atoms with van der Waals surface area (Å²) in [6, 6.07) is 21.1. The summed E-state index contributed by atoms with van der Waals surface area (Å²) < 4.78 is 2.39. The van der Waals surface area contributed by atoms with Gasteiger partial charge in [-0.2, -0.15) is 0 Å². The van der Waals surface area contributed by atoms with Gasteiger partial charge in [0.05, 0.1) is 5.69 Å². The number of hydrogen-bond acceptors (Lipinski definition) is 1. The van der Waals surface area contributed by atoms with Crippen molar-refractivity contribution in [2.45, 2.75) is 46.1 Å². The van der Waals surface area contributed by atoms with Crippen LogP contribution in [0.15, 0.2) is 60.7 Å². The molecule has 0 saturated heterocycles. The zero-order chi connectivity index (χ0) is 19.7. The van der Waals surface area contributed by atoms with Crippen LogP contribution in [0.2, 0.25) is 0 Å². The Morgan fingerprint density at radius 3 is 2.46 bits per heavy atom. The second kappa shape index (κ2) is 7.67. The van der Waals surface area contributed by atoms with Crippen molar-refractivity contribution in [1.29, 1.82) is 0 Å². The van der Waals surface area contributed by atoms with Crippen molar-refractivity contribution >= 4 is 5.91 Å². The summed E-state index contributed by atoms with van der Waals surface area (Å²) in [7, 11) is 0. The van der Waals surface area contributed by atoms with Crippen molar-refractivity contribution in [1.82, 2.24) is 9.88 Å². The number of nitrogens with zero attached hydrogens (tertiary/aromatic N) is 1. The number of aromatic nitrogens is 1. The monoisotopic (exact) mass is 372 g/mol. The molecule has 4 rings (SSSR count). The van der Waals surface area contributed by atoms with E-state index in [2.05, 4.69) is 65.3 Å². The van der Waals surface area contributed by atoms with E-state index in [1.54, 1.807) is 0 Å². The first-order valence-electron chi connectivity index (χ1n) is 10.2. The number of nitrogens with one attached hydrogen (secondary N) is 1.